The van der Waals surface area contributed by atoms with Gasteiger partial charge in [-0.3, -0.25) is 9.59 Å². The van der Waals surface area contributed by atoms with Crippen molar-refractivity contribution in [3.8, 4) is 5.75 Å². The van der Waals surface area contributed by atoms with Gasteiger partial charge in [0, 0.05) is 0 Å². The predicted molar refractivity (Wildman–Crippen MR) is 60.9 cm³/mol. The molecule has 0 saturated heterocycles. The lowest BCUT2D eigenvalue weighted by Gasteiger charge is -2.25. The number of amides is 1. The van der Waals surface area contributed by atoms with Crippen molar-refractivity contribution in [2.24, 2.45) is 0 Å². The molecule has 0 radical (unpaired) electrons. The zero-order chi connectivity index (χ0) is 12.4. The van der Waals surface area contributed by atoms with Gasteiger partial charge in [-0.25, -0.2) is 0 Å². The quantitative estimate of drug-likeness (QED) is 0.784. The van der Waals surface area contributed by atoms with Gasteiger partial charge in [-0.1, -0.05) is 6.07 Å². The van der Waals surface area contributed by atoms with Gasteiger partial charge in [0.15, 0.2) is 6.10 Å². The first-order valence-electron chi connectivity index (χ1n) is 5.25. The number of rotatable bonds is 2. The molecule has 5 heteroatoms. The highest BCUT2D eigenvalue weighted by Crippen LogP contribution is 2.30. The van der Waals surface area contributed by atoms with Crippen LogP contribution in [0, 0.1) is 6.92 Å². The number of fused-ring (bicyclic) bond motifs is 1. The van der Waals surface area contributed by atoms with E-state index in [9.17, 15) is 9.59 Å². The van der Waals surface area contributed by atoms with E-state index in [1.54, 1.807) is 6.07 Å². The van der Waals surface area contributed by atoms with Crippen LogP contribution in [0.15, 0.2) is 18.2 Å². The van der Waals surface area contributed by atoms with Crippen molar-refractivity contribution in [2.75, 3.05) is 12.4 Å². The first kappa shape index (κ1) is 11.4. The summed E-state index contributed by atoms with van der Waals surface area (Å²) in [4.78, 5) is 22.8. The van der Waals surface area contributed by atoms with Gasteiger partial charge in [-0.15, -0.1) is 0 Å². The third-order valence-corrected chi connectivity index (χ3v) is 2.53. The molecule has 1 amide bonds. The van der Waals surface area contributed by atoms with Gasteiger partial charge >= 0.3 is 5.97 Å². The van der Waals surface area contributed by atoms with Crippen LogP contribution in [0.1, 0.15) is 12.0 Å². The summed E-state index contributed by atoms with van der Waals surface area (Å²) in [6.07, 6.45) is -0.909. The number of carbonyl (C=O) groups is 2. The average Bonchev–Trinajstić information content (AvgIpc) is 2.30. The van der Waals surface area contributed by atoms with Gasteiger partial charge in [0.25, 0.3) is 5.91 Å². The fraction of sp³-hybridized carbons (Fsp3) is 0.333. The second kappa shape index (κ2) is 4.45. The van der Waals surface area contributed by atoms with Crippen LogP contribution in [0.4, 0.5) is 5.69 Å². The molecule has 0 bridgehead atoms. The summed E-state index contributed by atoms with van der Waals surface area (Å²) in [5.74, 6) is -0.224. The Morgan fingerprint density at radius 2 is 2.29 bits per heavy atom. The summed E-state index contributed by atoms with van der Waals surface area (Å²) in [6.45, 7) is 1.92. The molecule has 1 N–H and O–H groups in total. The lowest BCUT2D eigenvalue weighted by Crippen LogP contribution is -2.38. The summed E-state index contributed by atoms with van der Waals surface area (Å²) >= 11 is 0. The lowest BCUT2D eigenvalue weighted by molar-refractivity contribution is -0.145. The molecule has 1 aromatic rings. The zero-order valence-electron chi connectivity index (χ0n) is 9.65. The maximum absolute atomic E-state index is 11.7. The van der Waals surface area contributed by atoms with Crippen LogP contribution >= 0.6 is 0 Å². The van der Waals surface area contributed by atoms with Gasteiger partial charge in [-0.05, 0) is 24.6 Å². The third-order valence-electron chi connectivity index (χ3n) is 2.53. The van der Waals surface area contributed by atoms with Gasteiger partial charge in [0.1, 0.15) is 5.75 Å². The molecule has 1 atom stereocenters. The molecule has 0 saturated carbocycles. The molecule has 90 valence electrons. The van der Waals surface area contributed by atoms with Crippen LogP contribution in [-0.2, 0) is 14.3 Å². The van der Waals surface area contributed by atoms with Crippen molar-refractivity contribution in [3.05, 3.63) is 23.8 Å². The molecule has 1 aromatic carbocycles. The fourth-order valence-electron chi connectivity index (χ4n) is 1.63. The highest BCUT2D eigenvalue weighted by molar-refractivity contribution is 5.99. The van der Waals surface area contributed by atoms with Gasteiger partial charge in [0.2, 0.25) is 0 Å². The second-order valence-corrected chi connectivity index (χ2v) is 3.88. The van der Waals surface area contributed by atoms with Crippen LogP contribution in [0.3, 0.4) is 0 Å². The van der Waals surface area contributed by atoms with Crippen molar-refractivity contribution in [3.63, 3.8) is 0 Å². The van der Waals surface area contributed by atoms with Crippen molar-refractivity contribution in [2.45, 2.75) is 19.4 Å². The van der Waals surface area contributed by atoms with Crippen molar-refractivity contribution in [1.82, 2.24) is 0 Å². The number of benzene rings is 1. The largest absolute Gasteiger partial charge is 0.478 e. The smallest absolute Gasteiger partial charge is 0.309 e. The zero-order valence-corrected chi connectivity index (χ0v) is 9.65. The number of hydrogen-bond donors (Lipinski definition) is 1. The minimum Gasteiger partial charge on any atom is -0.478 e. The number of ether oxygens (including phenoxy) is 2. The Balaban J connectivity index is 2.18. The fourth-order valence-corrected chi connectivity index (χ4v) is 1.63. The predicted octanol–water partition coefficient (Wildman–Crippen LogP) is 1.26. The highest BCUT2D eigenvalue weighted by atomic mass is 16.5. The summed E-state index contributed by atoms with van der Waals surface area (Å²) in [5, 5.41) is 2.71. The molecule has 0 unspecified atom stereocenters. The SMILES string of the molecule is COC(=O)C[C@H]1Oc2ccc(C)cc2NC1=O. The van der Waals surface area contributed by atoms with E-state index in [0.29, 0.717) is 11.4 Å². The van der Waals surface area contributed by atoms with Crippen LogP contribution in [-0.4, -0.2) is 25.1 Å². The number of methoxy groups -OCH3 is 1. The summed E-state index contributed by atoms with van der Waals surface area (Å²) in [5.41, 5.74) is 1.66. The Hall–Kier alpha value is -2.04. The van der Waals surface area contributed by atoms with Gasteiger partial charge in [-0.2, -0.15) is 0 Å². The Labute approximate surface area is 98.7 Å². The molecule has 1 aliphatic heterocycles. The molecular weight excluding hydrogens is 222 g/mol. The van der Waals surface area contributed by atoms with Crippen molar-refractivity contribution in [1.29, 1.82) is 0 Å². The van der Waals surface area contributed by atoms with Gasteiger partial charge < -0.3 is 14.8 Å². The average molecular weight is 235 g/mol. The Kier molecular flexibility index (Phi) is 2.99. The lowest BCUT2D eigenvalue weighted by atomic mass is 10.1. The third kappa shape index (κ3) is 2.38. The molecule has 17 heavy (non-hydrogen) atoms. The maximum atomic E-state index is 11.7. The number of hydrogen-bond acceptors (Lipinski definition) is 4. The van der Waals surface area contributed by atoms with Crippen molar-refractivity contribution < 1.29 is 19.1 Å². The van der Waals surface area contributed by atoms with Crippen molar-refractivity contribution >= 4 is 17.6 Å². The second-order valence-electron chi connectivity index (χ2n) is 3.88. The van der Waals surface area contributed by atoms with Gasteiger partial charge in [0.05, 0.1) is 19.2 Å². The van der Waals surface area contributed by atoms with Crippen LogP contribution in [0.5, 0.6) is 5.75 Å². The van der Waals surface area contributed by atoms with E-state index in [-0.39, 0.29) is 12.3 Å². The topological polar surface area (TPSA) is 64.6 Å². The molecule has 1 aliphatic rings. The number of esters is 1. The Morgan fingerprint density at radius 1 is 1.53 bits per heavy atom. The summed E-state index contributed by atoms with van der Waals surface area (Å²) < 4.78 is 9.97. The van der Waals surface area contributed by atoms with Crippen LogP contribution < -0.4 is 10.1 Å². The normalized spacial score (nSPS) is 17.8. The van der Waals surface area contributed by atoms with E-state index in [1.807, 2.05) is 19.1 Å². The number of nitrogens with one attached hydrogen (secondary N) is 1. The number of carbonyl (C=O) groups excluding carboxylic acids is 2. The molecular formula is C12H13NO4. The maximum Gasteiger partial charge on any atom is 0.309 e. The summed E-state index contributed by atoms with van der Waals surface area (Å²) in [6, 6.07) is 5.47. The van der Waals surface area contributed by atoms with Crippen LogP contribution in [0.2, 0.25) is 0 Å². The first-order chi connectivity index (χ1) is 8.10. The minimum atomic E-state index is -0.822. The monoisotopic (exact) mass is 235 g/mol. The molecule has 0 aromatic heterocycles. The van der Waals surface area contributed by atoms with E-state index in [1.165, 1.54) is 7.11 Å². The molecule has 0 spiro atoms. The van der Waals surface area contributed by atoms with E-state index in [4.69, 9.17) is 4.74 Å². The number of anilines is 1. The molecule has 2 rings (SSSR count). The van der Waals surface area contributed by atoms with E-state index >= 15 is 0 Å². The van der Waals surface area contributed by atoms with E-state index in [0.717, 1.165) is 5.56 Å². The minimum absolute atomic E-state index is 0.0876. The van der Waals surface area contributed by atoms with E-state index in [2.05, 4.69) is 10.1 Å². The van der Waals surface area contributed by atoms with E-state index < -0.39 is 12.1 Å². The molecule has 0 fully saturated rings. The Bertz CT molecular complexity index is 470. The summed E-state index contributed by atoms with van der Waals surface area (Å²) in [7, 11) is 1.28. The number of aryl methyl sites for hydroxylation is 1. The molecule has 1 heterocycles. The molecule has 5 nitrogen and oxygen atoms in total. The standard InChI is InChI=1S/C12H13NO4/c1-7-3-4-9-8(5-7)13-12(15)10(17-9)6-11(14)16-2/h3-5,10H,6H2,1-2H3,(H,13,15)/t10-/m1/s1. The highest BCUT2D eigenvalue weighted by Gasteiger charge is 2.29. The first-order valence-corrected chi connectivity index (χ1v) is 5.25. The molecule has 0 aliphatic carbocycles. The Morgan fingerprint density at radius 3 is 3.00 bits per heavy atom. The van der Waals surface area contributed by atoms with Crippen LogP contribution in [0.25, 0.3) is 0 Å².